The van der Waals surface area contributed by atoms with E-state index in [1.54, 1.807) is 12.3 Å². The summed E-state index contributed by atoms with van der Waals surface area (Å²) in [5.74, 6) is 0.476. The summed E-state index contributed by atoms with van der Waals surface area (Å²) in [5, 5.41) is 12.4. The molecule has 1 aliphatic carbocycles. The predicted octanol–water partition coefficient (Wildman–Crippen LogP) is 1.36. The summed E-state index contributed by atoms with van der Waals surface area (Å²) in [4.78, 5) is 3.94. The average molecular weight is 258 g/mol. The van der Waals surface area contributed by atoms with E-state index in [2.05, 4.69) is 26.2 Å². The lowest BCUT2D eigenvalue weighted by molar-refractivity contribution is 0.266. The van der Waals surface area contributed by atoms with Crippen molar-refractivity contribution in [3.8, 4) is 0 Å². The molecule has 0 atom stereocenters. The molecule has 1 heterocycles. The number of pyridine rings is 1. The Morgan fingerprint density at radius 3 is 2.93 bits per heavy atom. The number of halogens is 1. The summed E-state index contributed by atoms with van der Waals surface area (Å²) in [5.41, 5.74) is 6.34. The Balaban J connectivity index is 2.20. The Morgan fingerprint density at radius 2 is 2.36 bits per heavy atom. The number of hydrogen-bond acceptors (Lipinski definition) is 4. The lowest BCUT2D eigenvalue weighted by Crippen LogP contribution is -2.25. The van der Waals surface area contributed by atoms with E-state index >= 15 is 0 Å². The third kappa shape index (κ3) is 1.83. The molecule has 0 aliphatic heterocycles. The average Bonchev–Trinajstić information content (AvgIpc) is 2.92. The van der Waals surface area contributed by atoms with Gasteiger partial charge in [0.15, 0.2) is 0 Å². The minimum atomic E-state index is -0.129. The van der Waals surface area contributed by atoms with Crippen molar-refractivity contribution in [3.05, 3.63) is 16.7 Å². The van der Waals surface area contributed by atoms with E-state index in [9.17, 15) is 0 Å². The van der Waals surface area contributed by atoms with Crippen molar-refractivity contribution in [3.63, 3.8) is 0 Å². The fourth-order valence-corrected chi connectivity index (χ4v) is 1.63. The van der Waals surface area contributed by atoms with Crippen LogP contribution in [0.15, 0.2) is 16.7 Å². The van der Waals surface area contributed by atoms with Crippen LogP contribution in [0.4, 0.5) is 11.5 Å². The van der Waals surface area contributed by atoms with Crippen LogP contribution >= 0.6 is 15.9 Å². The number of aliphatic hydroxyl groups is 1. The standard InChI is InChI=1S/C9H12BrN3O/c10-6-4-12-8(11)3-7(6)13-9(5-14)1-2-9/h3-4,14H,1-2,5H2,(H3,11,12,13). The molecule has 4 N–H and O–H groups in total. The van der Waals surface area contributed by atoms with Crippen LogP contribution in [0.2, 0.25) is 0 Å². The summed E-state index contributed by atoms with van der Waals surface area (Å²) in [7, 11) is 0. The van der Waals surface area contributed by atoms with Gasteiger partial charge in [-0.05, 0) is 28.8 Å². The zero-order chi connectivity index (χ0) is 10.2. The number of hydrogen-bond donors (Lipinski definition) is 3. The first-order valence-corrected chi connectivity index (χ1v) is 5.25. The summed E-state index contributed by atoms with van der Waals surface area (Å²) in [6, 6.07) is 1.76. The molecule has 4 nitrogen and oxygen atoms in total. The zero-order valence-corrected chi connectivity index (χ0v) is 9.21. The predicted molar refractivity (Wildman–Crippen MR) is 59.0 cm³/mol. The molecule has 0 bridgehead atoms. The molecule has 0 unspecified atom stereocenters. The Bertz CT molecular complexity index is 352. The molecule has 0 spiro atoms. The van der Waals surface area contributed by atoms with Crippen LogP contribution in [-0.4, -0.2) is 22.2 Å². The van der Waals surface area contributed by atoms with Crippen molar-refractivity contribution >= 4 is 27.4 Å². The van der Waals surface area contributed by atoms with Gasteiger partial charge in [-0.1, -0.05) is 0 Å². The number of anilines is 2. The van der Waals surface area contributed by atoms with E-state index in [1.807, 2.05) is 0 Å². The maximum absolute atomic E-state index is 9.15. The van der Waals surface area contributed by atoms with E-state index in [-0.39, 0.29) is 12.1 Å². The van der Waals surface area contributed by atoms with Gasteiger partial charge in [-0.15, -0.1) is 0 Å². The molecule has 0 radical (unpaired) electrons. The maximum atomic E-state index is 9.15. The van der Waals surface area contributed by atoms with Crippen LogP contribution in [0.5, 0.6) is 0 Å². The van der Waals surface area contributed by atoms with Gasteiger partial charge in [-0.3, -0.25) is 0 Å². The van der Waals surface area contributed by atoms with E-state index in [0.29, 0.717) is 5.82 Å². The summed E-state index contributed by atoms with van der Waals surface area (Å²) >= 11 is 3.38. The molecule has 14 heavy (non-hydrogen) atoms. The smallest absolute Gasteiger partial charge is 0.125 e. The Labute approximate surface area is 90.7 Å². The van der Waals surface area contributed by atoms with Gasteiger partial charge in [-0.2, -0.15) is 0 Å². The van der Waals surface area contributed by atoms with Gasteiger partial charge in [0.25, 0.3) is 0 Å². The van der Waals surface area contributed by atoms with Crippen LogP contribution in [-0.2, 0) is 0 Å². The topological polar surface area (TPSA) is 71.2 Å². The van der Waals surface area contributed by atoms with Crippen molar-refractivity contribution in [1.29, 1.82) is 0 Å². The number of aromatic nitrogens is 1. The number of nitrogens with two attached hydrogens (primary N) is 1. The van der Waals surface area contributed by atoms with E-state index in [0.717, 1.165) is 23.0 Å². The lowest BCUT2D eigenvalue weighted by Gasteiger charge is -2.17. The quantitative estimate of drug-likeness (QED) is 0.765. The molecular formula is C9H12BrN3O. The second-order valence-corrected chi connectivity index (χ2v) is 4.51. The fraction of sp³-hybridized carbons (Fsp3) is 0.444. The summed E-state index contributed by atoms with van der Waals surface area (Å²) < 4.78 is 0.867. The molecule has 0 saturated heterocycles. The molecule has 1 fully saturated rings. The highest BCUT2D eigenvalue weighted by molar-refractivity contribution is 9.10. The number of aliphatic hydroxyl groups excluding tert-OH is 1. The third-order valence-corrected chi connectivity index (χ3v) is 3.06. The first-order chi connectivity index (χ1) is 6.65. The maximum Gasteiger partial charge on any atom is 0.125 e. The first-order valence-electron chi connectivity index (χ1n) is 4.45. The highest BCUT2D eigenvalue weighted by atomic mass is 79.9. The highest BCUT2D eigenvalue weighted by Gasteiger charge is 2.42. The minimum absolute atomic E-state index is 0.129. The summed E-state index contributed by atoms with van der Waals surface area (Å²) in [6.45, 7) is 0.154. The zero-order valence-electron chi connectivity index (χ0n) is 7.63. The number of nitrogens with one attached hydrogen (secondary N) is 1. The second kappa shape index (κ2) is 3.40. The van der Waals surface area contributed by atoms with Crippen molar-refractivity contribution < 1.29 is 5.11 Å². The normalized spacial score (nSPS) is 17.9. The van der Waals surface area contributed by atoms with Crippen molar-refractivity contribution in [2.45, 2.75) is 18.4 Å². The second-order valence-electron chi connectivity index (χ2n) is 3.65. The highest BCUT2D eigenvalue weighted by Crippen LogP contribution is 2.40. The van der Waals surface area contributed by atoms with Gasteiger partial charge in [0.1, 0.15) is 5.82 Å². The van der Waals surface area contributed by atoms with Crippen LogP contribution in [0.1, 0.15) is 12.8 Å². The molecule has 1 aromatic rings. The van der Waals surface area contributed by atoms with Crippen LogP contribution < -0.4 is 11.1 Å². The van der Waals surface area contributed by atoms with Crippen molar-refractivity contribution in [1.82, 2.24) is 4.98 Å². The molecule has 76 valence electrons. The molecule has 5 heteroatoms. The number of nitrogens with zero attached hydrogens (tertiary/aromatic N) is 1. The van der Waals surface area contributed by atoms with Gasteiger partial charge >= 0.3 is 0 Å². The van der Waals surface area contributed by atoms with E-state index in [1.165, 1.54) is 0 Å². The van der Waals surface area contributed by atoms with Crippen molar-refractivity contribution in [2.24, 2.45) is 0 Å². The van der Waals surface area contributed by atoms with E-state index < -0.39 is 0 Å². The molecule has 1 aromatic heterocycles. The minimum Gasteiger partial charge on any atom is -0.394 e. The van der Waals surface area contributed by atoms with E-state index in [4.69, 9.17) is 10.8 Å². The van der Waals surface area contributed by atoms with Crippen LogP contribution in [0.25, 0.3) is 0 Å². The van der Waals surface area contributed by atoms with Gasteiger partial charge in [-0.25, -0.2) is 4.98 Å². The fourth-order valence-electron chi connectivity index (χ4n) is 1.31. The molecule has 0 amide bonds. The SMILES string of the molecule is Nc1cc(NC2(CO)CC2)c(Br)cn1. The third-order valence-electron chi connectivity index (χ3n) is 2.43. The molecule has 1 aliphatic rings. The lowest BCUT2D eigenvalue weighted by atomic mass is 10.2. The van der Waals surface area contributed by atoms with Crippen LogP contribution in [0.3, 0.4) is 0 Å². The van der Waals surface area contributed by atoms with Gasteiger partial charge < -0.3 is 16.2 Å². The van der Waals surface area contributed by atoms with Gasteiger partial charge in [0.05, 0.1) is 22.3 Å². The number of nitrogen functional groups attached to an aromatic ring is 1. The number of rotatable bonds is 3. The molecule has 1 saturated carbocycles. The Morgan fingerprint density at radius 1 is 1.64 bits per heavy atom. The van der Waals surface area contributed by atoms with Crippen molar-refractivity contribution in [2.75, 3.05) is 17.7 Å². The molecule has 2 rings (SSSR count). The van der Waals surface area contributed by atoms with Gasteiger partial charge in [0, 0.05) is 12.3 Å². The van der Waals surface area contributed by atoms with Gasteiger partial charge in [0.2, 0.25) is 0 Å². The monoisotopic (exact) mass is 257 g/mol. The Kier molecular flexibility index (Phi) is 2.36. The molecule has 0 aromatic carbocycles. The largest absolute Gasteiger partial charge is 0.394 e. The van der Waals surface area contributed by atoms with Crippen LogP contribution in [0, 0.1) is 0 Å². The molecular weight excluding hydrogens is 246 g/mol. The Hall–Kier alpha value is -0.810. The summed E-state index contributed by atoms with van der Waals surface area (Å²) in [6.07, 6.45) is 3.65. The first kappa shape index (κ1) is 9.73.